The molecule has 2 heterocycles. The first-order valence-electron chi connectivity index (χ1n) is 7.94. The lowest BCUT2D eigenvalue weighted by Gasteiger charge is -2.17. The second kappa shape index (κ2) is 7.07. The minimum absolute atomic E-state index is 0.172. The molecular formula is C20H19NO3S. The molecule has 0 bridgehead atoms. The molecule has 1 aliphatic rings. The van der Waals surface area contributed by atoms with Crippen molar-refractivity contribution in [1.82, 2.24) is 4.90 Å². The van der Waals surface area contributed by atoms with Gasteiger partial charge in [-0.3, -0.25) is 4.79 Å². The number of allylic oxidation sites excluding steroid dienone is 1. The number of amides is 1. The Morgan fingerprint density at radius 1 is 1.20 bits per heavy atom. The van der Waals surface area contributed by atoms with Gasteiger partial charge in [0.15, 0.2) is 0 Å². The van der Waals surface area contributed by atoms with Crippen molar-refractivity contribution in [3.05, 3.63) is 74.6 Å². The Morgan fingerprint density at radius 2 is 1.92 bits per heavy atom. The van der Waals surface area contributed by atoms with E-state index in [1.807, 2.05) is 48.7 Å². The zero-order chi connectivity index (χ0) is 18.0. The average Bonchev–Trinajstić information content (AvgIpc) is 3.12. The first-order valence-corrected chi connectivity index (χ1v) is 8.82. The molecule has 0 aliphatic carbocycles. The molecule has 0 saturated heterocycles. The van der Waals surface area contributed by atoms with Gasteiger partial charge < -0.3 is 9.64 Å². The van der Waals surface area contributed by atoms with E-state index in [1.54, 1.807) is 29.2 Å². The fraction of sp³-hybridized carbons (Fsp3) is 0.200. The first kappa shape index (κ1) is 17.2. The number of ether oxygens (including phenoxy) is 1. The fourth-order valence-electron chi connectivity index (χ4n) is 2.85. The normalized spacial score (nSPS) is 16.0. The molecule has 0 N–H and O–H groups in total. The van der Waals surface area contributed by atoms with E-state index >= 15 is 0 Å². The van der Waals surface area contributed by atoms with Crippen LogP contribution in [0, 0.1) is 6.92 Å². The average molecular weight is 353 g/mol. The Hall–Kier alpha value is -2.66. The van der Waals surface area contributed by atoms with Crippen molar-refractivity contribution in [2.24, 2.45) is 0 Å². The number of esters is 1. The smallest absolute Gasteiger partial charge is 0.340 e. The van der Waals surface area contributed by atoms with Gasteiger partial charge in [-0.25, -0.2) is 4.79 Å². The van der Waals surface area contributed by atoms with Crippen molar-refractivity contribution < 1.29 is 14.3 Å². The monoisotopic (exact) mass is 353 g/mol. The van der Waals surface area contributed by atoms with E-state index < -0.39 is 5.97 Å². The molecule has 25 heavy (non-hydrogen) atoms. The summed E-state index contributed by atoms with van der Waals surface area (Å²) in [7, 11) is 1.33. The van der Waals surface area contributed by atoms with Gasteiger partial charge in [0.2, 0.25) is 0 Å². The van der Waals surface area contributed by atoms with Crippen LogP contribution < -0.4 is 0 Å². The molecule has 1 aliphatic heterocycles. The molecule has 1 aromatic heterocycles. The van der Waals surface area contributed by atoms with Crippen LogP contribution in [-0.2, 0) is 20.9 Å². The Labute approximate surface area is 151 Å². The number of nitrogens with zero attached hydrogens (tertiary/aromatic N) is 1. The van der Waals surface area contributed by atoms with Crippen LogP contribution in [0.2, 0.25) is 0 Å². The summed E-state index contributed by atoms with van der Waals surface area (Å²) in [6.45, 7) is 4.19. The van der Waals surface area contributed by atoms with Crippen molar-refractivity contribution in [1.29, 1.82) is 0 Å². The topological polar surface area (TPSA) is 46.6 Å². The first-order chi connectivity index (χ1) is 12.0. The Bertz CT molecular complexity index is 877. The molecule has 3 rings (SSSR count). The minimum Gasteiger partial charge on any atom is -0.465 e. The SMILES string of the molecule is COC(=O)C1=C(C)N(Cc2ccccc2)C(=O)/C1=C\c1sccc1C. The fourth-order valence-corrected chi connectivity index (χ4v) is 3.71. The molecule has 5 heteroatoms. The number of hydrogen-bond acceptors (Lipinski definition) is 4. The summed E-state index contributed by atoms with van der Waals surface area (Å²) in [5.41, 5.74) is 3.45. The number of rotatable bonds is 4. The molecule has 0 unspecified atom stereocenters. The second-order valence-corrected chi connectivity index (χ2v) is 6.80. The molecule has 1 aromatic carbocycles. The Balaban J connectivity index is 2.04. The number of benzene rings is 1. The molecular weight excluding hydrogens is 334 g/mol. The molecule has 0 atom stereocenters. The lowest BCUT2D eigenvalue weighted by Crippen LogP contribution is -2.24. The van der Waals surface area contributed by atoms with Gasteiger partial charge in [0, 0.05) is 10.6 Å². The van der Waals surface area contributed by atoms with Gasteiger partial charge in [-0.05, 0) is 42.5 Å². The summed E-state index contributed by atoms with van der Waals surface area (Å²) >= 11 is 1.54. The number of methoxy groups -OCH3 is 1. The lowest BCUT2D eigenvalue weighted by atomic mass is 10.1. The Kier molecular flexibility index (Phi) is 4.86. The third-order valence-electron chi connectivity index (χ3n) is 4.26. The maximum atomic E-state index is 13.0. The summed E-state index contributed by atoms with van der Waals surface area (Å²) in [6.07, 6.45) is 1.79. The molecule has 0 radical (unpaired) electrons. The lowest BCUT2D eigenvalue weighted by molar-refractivity contribution is -0.136. The summed E-state index contributed by atoms with van der Waals surface area (Å²) in [4.78, 5) is 27.9. The van der Waals surface area contributed by atoms with Gasteiger partial charge in [-0.1, -0.05) is 30.3 Å². The number of aryl methyl sites for hydroxylation is 1. The maximum absolute atomic E-state index is 13.0. The van der Waals surface area contributed by atoms with E-state index in [4.69, 9.17) is 4.74 Å². The van der Waals surface area contributed by atoms with Crippen LogP contribution >= 0.6 is 11.3 Å². The van der Waals surface area contributed by atoms with Gasteiger partial charge in [0.25, 0.3) is 5.91 Å². The number of carbonyl (C=O) groups excluding carboxylic acids is 2. The zero-order valence-corrected chi connectivity index (χ0v) is 15.2. The van der Waals surface area contributed by atoms with Crippen LogP contribution in [0.3, 0.4) is 0 Å². The largest absolute Gasteiger partial charge is 0.465 e. The van der Waals surface area contributed by atoms with Gasteiger partial charge >= 0.3 is 5.97 Å². The number of carbonyl (C=O) groups is 2. The molecule has 2 aromatic rings. The predicted octanol–water partition coefficient (Wildman–Crippen LogP) is 3.93. The van der Waals surface area contributed by atoms with E-state index in [2.05, 4.69) is 0 Å². The highest BCUT2D eigenvalue weighted by atomic mass is 32.1. The molecule has 0 fully saturated rings. The highest BCUT2D eigenvalue weighted by Gasteiger charge is 2.37. The minimum atomic E-state index is -0.484. The maximum Gasteiger partial charge on any atom is 0.340 e. The summed E-state index contributed by atoms with van der Waals surface area (Å²) in [5, 5.41) is 1.97. The van der Waals surface area contributed by atoms with E-state index in [-0.39, 0.29) is 5.91 Å². The zero-order valence-electron chi connectivity index (χ0n) is 14.4. The standard InChI is InChI=1S/C20H19NO3S/c1-13-9-10-25-17(13)11-16-18(20(23)24-3)14(2)21(19(16)22)12-15-7-5-4-6-8-15/h4-11H,12H2,1-3H3/b16-11-. The van der Waals surface area contributed by atoms with E-state index in [9.17, 15) is 9.59 Å². The highest BCUT2D eigenvalue weighted by Crippen LogP contribution is 2.34. The van der Waals surface area contributed by atoms with E-state index in [0.717, 1.165) is 16.0 Å². The van der Waals surface area contributed by atoms with E-state index in [0.29, 0.717) is 23.4 Å². The summed E-state index contributed by atoms with van der Waals surface area (Å²) < 4.78 is 4.92. The van der Waals surface area contributed by atoms with Crippen molar-refractivity contribution in [3.8, 4) is 0 Å². The van der Waals surface area contributed by atoms with Gasteiger partial charge in [-0.2, -0.15) is 0 Å². The second-order valence-electron chi connectivity index (χ2n) is 5.85. The number of thiophene rings is 1. The highest BCUT2D eigenvalue weighted by molar-refractivity contribution is 7.11. The van der Waals surface area contributed by atoms with Gasteiger partial charge in [0.1, 0.15) is 0 Å². The molecule has 128 valence electrons. The third kappa shape index (κ3) is 3.28. The van der Waals surface area contributed by atoms with Crippen LogP contribution in [-0.4, -0.2) is 23.9 Å². The third-order valence-corrected chi connectivity index (χ3v) is 5.23. The van der Waals surface area contributed by atoms with Crippen LogP contribution in [0.1, 0.15) is 22.9 Å². The van der Waals surface area contributed by atoms with Gasteiger partial charge in [0.05, 0.1) is 24.8 Å². The molecule has 0 saturated carbocycles. The summed E-state index contributed by atoms with van der Waals surface area (Å²) in [6, 6.07) is 11.7. The Morgan fingerprint density at radius 3 is 2.52 bits per heavy atom. The van der Waals surface area contributed by atoms with Crippen LogP contribution in [0.15, 0.2) is 58.6 Å². The van der Waals surface area contributed by atoms with Crippen molar-refractivity contribution in [2.45, 2.75) is 20.4 Å². The van der Waals surface area contributed by atoms with E-state index in [1.165, 1.54) is 7.11 Å². The quantitative estimate of drug-likeness (QED) is 0.618. The van der Waals surface area contributed by atoms with Gasteiger partial charge in [-0.15, -0.1) is 11.3 Å². The van der Waals surface area contributed by atoms with Crippen LogP contribution in [0.25, 0.3) is 6.08 Å². The summed E-state index contributed by atoms with van der Waals surface area (Å²) in [5.74, 6) is -0.656. The molecule has 4 nitrogen and oxygen atoms in total. The number of hydrogen-bond donors (Lipinski definition) is 0. The van der Waals surface area contributed by atoms with Crippen LogP contribution in [0.5, 0.6) is 0 Å². The molecule has 1 amide bonds. The predicted molar refractivity (Wildman–Crippen MR) is 98.7 cm³/mol. The van der Waals surface area contributed by atoms with Crippen molar-refractivity contribution in [3.63, 3.8) is 0 Å². The molecule has 0 spiro atoms. The van der Waals surface area contributed by atoms with Crippen molar-refractivity contribution >= 4 is 29.3 Å². The van der Waals surface area contributed by atoms with Crippen molar-refractivity contribution in [2.75, 3.05) is 7.11 Å². The van der Waals surface area contributed by atoms with Crippen LogP contribution in [0.4, 0.5) is 0 Å².